The summed E-state index contributed by atoms with van der Waals surface area (Å²) in [7, 11) is 5.49. The number of amides is 1. The molecule has 0 aromatic heterocycles. The molecule has 2 aromatic rings. The fourth-order valence-electron chi connectivity index (χ4n) is 3.26. The number of thioether (sulfide) groups is 1. The smallest absolute Gasteiger partial charge is 0.303 e. The third kappa shape index (κ3) is 6.07. The predicted molar refractivity (Wildman–Crippen MR) is 127 cm³/mol. The number of halogens is 2. The SMILES string of the molecule is COc1ccc(C2Sc3ccc(Cl)cc3N(CCN(C)C)C(=O)C2OC(C)=O)cc1.Cl. The van der Waals surface area contributed by atoms with E-state index in [2.05, 4.69) is 0 Å². The highest BCUT2D eigenvalue weighted by molar-refractivity contribution is 7.99. The third-order valence-corrected chi connectivity index (χ3v) is 6.37. The standard InChI is InChI=1S/C22H25ClN2O4S.ClH/c1-14(26)29-20-21(15-5-8-17(28-4)9-6-15)30-19-10-7-16(23)13-18(19)25(22(20)27)12-11-24(2)3;/h5-10,13,20-21H,11-12H2,1-4H3;1H. The Kier molecular flexibility index (Phi) is 9.06. The van der Waals surface area contributed by atoms with Gasteiger partial charge < -0.3 is 19.3 Å². The van der Waals surface area contributed by atoms with Crippen LogP contribution in [0.1, 0.15) is 17.7 Å². The maximum absolute atomic E-state index is 13.6. The van der Waals surface area contributed by atoms with E-state index in [1.54, 1.807) is 24.1 Å². The minimum atomic E-state index is -0.964. The largest absolute Gasteiger partial charge is 0.497 e. The van der Waals surface area contributed by atoms with Crippen LogP contribution in [0.4, 0.5) is 5.69 Å². The lowest BCUT2D eigenvalue weighted by Gasteiger charge is -2.28. The average molecular weight is 485 g/mol. The minimum Gasteiger partial charge on any atom is -0.497 e. The van der Waals surface area contributed by atoms with Gasteiger partial charge in [0.2, 0.25) is 0 Å². The van der Waals surface area contributed by atoms with Crippen molar-refractivity contribution in [3.8, 4) is 5.75 Å². The number of anilines is 1. The van der Waals surface area contributed by atoms with Gasteiger partial charge in [-0.15, -0.1) is 24.2 Å². The second kappa shape index (κ2) is 11.1. The summed E-state index contributed by atoms with van der Waals surface area (Å²) in [5.74, 6) is -0.0436. The first-order chi connectivity index (χ1) is 14.3. The van der Waals surface area contributed by atoms with Gasteiger partial charge >= 0.3 is 5.97 Å². The lowest BCUT2D eigenvalue weighted by molar-refractivity contribution is -0.152. The summed E-state index contributed by atoms with van der Waals surface area (Å²) in [6.07, 6.45) is -0.964. The molecule has 2 atom stereocenters. The van der Waals surface area contributed by atoms with E-state index in [1.165, 1.54) is 18.7 Å². The zero-order valence-corrected chi connectivity index (χ0v) is 20.2. The molecular formula is C22H26Cl2N2O4S. The molecule has 0 saturated heterocycles. The molecule has 1 amide bonds. The van der Waals surface area contributed by atoms with Crippen molar-refractivity contribution < 1.29 is 19.1 Å². The zero-order chi connectivity index (χ0) is 21.8. The van der Waals surface area contributed by atoms with Crippen molar-refractivity contribution in [2.75, 3.05) is 39.2 Å². The van der Waals surface area contributed by atoms with Crippen LogP contribution in [0.3, 0.4) is 0 Å². The van der Waals surface area contributed by atoms with Crippen LogP contribution >= 0.6 is 35.8 Å². The first kappa shape index (κ1) is 25.3. The summed E-state index contributed by atoms with van der Waals surface area (Å²) in [6, 6.07) is 13.0. The highest BCUT2D eigenvalue weighted by atomic mass is 35.5. The number of ether oxygens (including phenoxy) is 2. The fraction of sp³-hybridized carbons (Fsp3) is 0.364. The van der Waals surface area contributed by atoms with Gasteiger partial charge in [0.25, 0.3) is 5.91 Å². The Balaban J connectivity index is 0.00000341. The van der Waals surface area contributed by atoms with Crippen LogP contribution in [0.2, 0.25) is 5.02 Å². The first-order valence-corrected chi connectivity index (χ1v) is 10.8. The summed E-state index contributed by atoms with van der Waals surface area (Å²) >= 11 is 7.75. The second-order valence-corrected chi connectivity index (χ2v) is 8.87. The summed E-state index contributed by atoms with van der Waals surface area (Å²) in [4.78, 5) is 30.1. The molecule has 1 aliphatic heterocycles. The Morgan fingerprint density at radius 3 is 2.45 bits per heavy atom. The number of methoxy groups -OCH3 is 1. The van der Waals surface area contributed by atoms with Gasteiger partial charge in [0.1, 0.15) is 5.75 Å². The lowest BCUT2D eigenvalue weighted by Crippen LogP contribution is -2.45. The van der Waals surface area contributed by atoms with Crippen LogP contribution in [0, 0.1) is 0 Å². The van der Waals surface area contributed by atoms with Crippen LogP contribution in [0.5, 0.6) is 5.75 Å². The maximum atomic E-state index is 13.6. The Hall–Kier alpha value is -1.93. The molecule has 0 spiro atoms. The van der Waals surface area contributed by atoms with Crippen molar-refractivity contribution in [2.24, 2.45) is 0 Å². The normalized spacial score (nSPS) is 18.1. The van der Waals surface area contributed by atoms with Crippen LogP contribution in [-0.4, -0.2) is 57.2 Å². The minimum absolute atomic E-state index is 0. The quantitative estimate of drug-likeness (QED) is 0.564. The van der Waals surface area contributed by atoms with Gasteiger partial charge in [-0.2, -0.15) is 0 Å². The molecule has 168 valence electrons. The molecule has 2 aromatic carbocycles. The molecule has 1 heterocycles. The number of hydrogen-bond acceptors (Lipinski definition) is 6. The maximum Gasteiger partial charge on any atom is 0.303 e. The van der Waals surface area contributed by atoms with Crippen molar-refractivity contribution in [1.82, 2.24) is 4.90 Å². The number of esters is 1. The van der Waals surface area contributed by atoms with Gasteiger partial charge in [-0.3, -0.25) is 9.59 Å². The molecule has 3 rings (SSSR count). The van der Waals surface area contributed by atoms with E-state index in [-0.39, 0.29) is 18.3 Å². The molecule has 0 radical (unpaired) electrons. The van der Waals surface area contributed by atoms with Crippen LogP contribution in [0.25, 0.3) is 0 Å². The van der Waals surface area contributed by atoms with Crippen LogP contribution in [-0.2, 0) is 14.3 Å². The van der Waals surface area contributed by atoms with E-state index in [1.807, 2.05) is 49.3 Å². The number of rotatable bonds is 6. The molecule has 9 heteroatoms. The highest BCUT2D eigenvalue weighted by Crippen LogP contribution is 2.47. The topological polar surface area (TPSA) is 59.1 Å². The summed E-state index contributed by atoms with van der Waals surface area (Å²) < 4.78 is 10.8. The van der Waals surface area contributed by atoms with Gasteiger partial charge in [-0.25, -0.2) is 0 Å². The third-order valence-electron chi connectivity index (χ3n) is 4.76. The first-order valence-electron chi connectivity index (χ1n) is 9.53. The molecule has 0 N–H and O–H groups in total. The lowest BCUT2D eigenvalue weighted by atomic mass is 10.1. The van der Waals surface area contributed by atoms with Crippen LogP contribution in [0.15, 0.2) is 47.4 Å². The van der Waals surface area contributed by atoms with E-state index in [4.69, 9.17) is 21.1 Å². The number of hydrogen-bond donors (Lipinski definition) is 0. The van der Waals surface area contributed by atoms with Gasteiger partial charge in [0.15, 0.2) is 6.10 Å². The fourth-order valence-corrected chi connectivity index (χ4v) is 4.72. The molecule has 2 unspecified atom stereocenters. The second-order valence-electron chi connectivity index (χ2n) is 7.25. The molecule has 0 saturated carbocycles. The monoisotopic (exact) mass is 484 g/mol. The van der Waals surface area contributed by atoms with E-state index in [0.29, 0.717) is 23.9 Å². The highest BCUT2D eigenvalue weighted by Gasteiger charge is 2.40. The molecule has 6 nitrogen and oxygen atoms in total. The van der Waals surface area contributed by atoms with Crippen molar-refractivity contribution in [2.45, 2.75) is 23.2 Å². The number of carbonyl (C=O) groups is 2. The van der Waals surface area contributed by atoms with E-state index in [9.17, 15) is 9.59 Å². The molecule has 1 aliphatic rings. The zero-order valence-electron chi connectivity index (χ0n) is 17.8. The Bertz CT molecular complexity index is 924. The van der Waals surface area contributed by atoms with Crippen molar-refractivity contribution in [3.63, 3.8) is 0 Å². The number of carbonyl (C=O) groups excluding carboxylic acids is 2. The number of nitrogens with zero attached hydrogens (tertiary/aromatic N) is 2. The Morgan fingerprint density at radius 2 is 1.87 bits per heavy atom. The molecule has 0 fully saturated rings. The van der Waals surface area contributed by atoms with Gasteiger partial charge in [-0.05, 0) is 50.0 Å². The van der Waals surface area contributed by atoms with Crippen molar-refractivity contribution in [1.29, 1.82) is 0 Å². The van der Waals surface area contributed by atoms with Crippen molar-refractivity contribution >= 4 is 53.3 Å². The molecular weight excluding hydrogens is 459 g/mol. The summed E-state index contributed by atoms with van der Waals surface area (Å²) in [5, 5.41) is 0.139. The summed E-state index contributed by atoms with van der Waals surface area (Å²) in [5.41, 5.74) is 1.60. The molecule has 0 aliphatic carbocycles. The van der Waals surface area contributed by atoms with E-state index in [0.717, 1.165) is 16.1 Å². The molecule has 31 heavy (non-hydrogen) atoms. The Morgan fingerprint density at radius 1 is 1.19 bits per heavy atom. The predicted octanol–water partition coefficient (Wildman–Crippen LogP) is 4.44. The number of fused-ring (bicyclic) bond motifs is 1. The number of benzene rings is 2. The van der Waals surface area contributed by atoms with E-state index < -0.39 is 17.3 Å². The summed E-state index contributed by atoms with van der Waals surface area (Å²) in [6.45, 7) is 2.43. The van der Waals surface area contributed by atoms with Gasteiger partial charge in [0.05, 0.1) is 18.0 Å². The van der Waals surface area contributed by atoms with Gasteiger partial charge in [-0.1, -0.05) is 23.7 Å². The van der Waals surface area contributed by atoms with Crippen molar-refractivity contribution in [3.05, 3.63) is 53.1 Å². The molecule has 0 bridgehead atoms. The Labute approximate surface area is 198 Å². The average Bonchev–Trinajstić information content (AvgIpc) is 2.81. The number of likely N-dealkylation sites (N-methyl/N-ethyl adjacent to an activating group) is 1. The van der Waals surface area contributed by atoms with E-state index >= 15 is 0 Å². The van der Waals surface area contributed by atoms with Crippen LogP contribution < -0.4 is 9.64 Å². The van der Waals surface area contributed by atoms with Gasteiger partial charge in [0, 0.05) is 29.9 Å².